The number of pyridine rings is 2. The van der Waals surface area contributed by atoms with Crippen molar-refractivity contribution in [1.82, 2.24) is 31.2 Å². The van der Waals surface area contributed by atoms with E-state index in [4.69, 9.17) is 26.3 Å². The molecule has 2 heterocycles. The number of unbranched alkanes of at least 4 members (excludes halogenated alkanes) is 1. The molecule has 0 saturated carbocycles. The normalized spacial score (nSPS) is 11.1. The average Bonchev–Trinajstić information content (AvgIpc) is 3.01. The van der Waals surface area contributed by atoms with Crippen LogP contribution in [0.4, 0.5) is 5.82 Å². The van der Waals surface area contributed by atoms with Gasteiger partial charge in [-0.1, -0.05) is 6.07 Å². The van der Waals surface area contributed by atoms with Crippen LogP contribution in [0.2, 0.25) is 0 Å². The molecule has 0 aliphatic carbocycles. The summed E-state index contributed by atoms with van der Waals surface area (Å²) in [5, 5.41) is 44.7. The van der Waals surface area contributed by atoms with Crippen LogP contribution in [0.15, 0.2) is 42.7 Å². The molecule has 1 atom stereocenters. The Balaban J connectivity index is 0.00000110. The molecule has 0 bridgehead atoms. The van der Waals surface area contributed by atoms with Gasteiger partial charge in [0.15, 0.2) is 0 Å². The van der Waals surface area contributed by atoms with Crippen LogP contribution in [-0.2, 0) is 29.7 Å². The molecule has 0 aliphatic heterocycles. The van der Waals surface area contributed by atoms with Crippen molar-refractivity contribution >= 4 is 29.5 Å². The van der Waals surface area contributed by atoms with Gasteiger partial charge in [0, 0.05) is 46.1 Å². The Morgan fingerprint density at radius 1 is 0.976 bits per heavy atom. The van der Waals surface area contributed by atoms with Crippen molar-refractivity contribution in [2.24, 2.45) is 0 Å². The molecule has 1 unspecified atom stereocenters. The number of aromatic nitrogens is 2. The number of rotatable bonds is 16. The minimum absolute atomic E-state index is 0. The van der Waals surface area contributed by atoms with Crippen molar-refractivity contribution in [3.05, 3.63) is 59.8 Å². The second kappa shape index (κ2) is 21.2. The molecular weight excluding hydrogens is 638 g/mol. The molecule has 1 radical (unpaired) electrons. The molecule has 0 aromatic carbocycles. The first-order valence-electron chi connectivity index (χ1n) is 12.5. The van der Waals surface area contributed by atoms with Crippen LogP contribution in [0.1, 0.15) is 40.1 Å². The van der Waals surface area contributed by atoms with E-state index in [1.807, 2.05) is 0 Å². The fourth-order valence-corrected chi connectivity index (χ4v) is 3.13. The Morgan fingerprint density at radius 2 is 1.67 bits per heavy atom. The number of anilines is 1. The van der Waals surface area contributed by atoms with Crippen LogP contribution in [0.5, 0.6) is 0 Å². The molecule has 3 amide bonds. The molecule has 0 aliphatic rings. The third-order valence-electron chi connectivity index (χ3n) is 5.65. The number of hydrogen-bond donors (Lipinski definition) is 9. The number of nitrogens with one attached hydrogen (secondary N) is 6. The van der Waals surface area contributed by atoms with E-state index in [1.165, 1.54) is 25.4 Å². The smallest absolute Gasteiger partial charge is 0.317 e. The largest absolute Gasteiger partial charge is 0.585 e. The van der Waals surface area contributed by atoms with Gasteiger partial charge in [0.1, 0.15) is 17.6 Å². The Bertz CT molecular complexity index is 1080. The average molecular weight is 676 g/mol. The minimum Gasteiger partial charge on any atom is -0.585 e. The van der Waals surface area contributed by atoms with Crippen molar-refractivity contribution in [3.8, 4) is 0 Å². The van der Waals surface area contributed by atoms with Crippen LogP contribution in [0.25, 0.3) is 5.84 Å². The topological polar surface area (TPSA) is 259 Å². The van der Waals surface area contributed by atoms with E-state index < -0.39 is 49.8 Å². The first kappa shape index (κ1) is 38.4. The number of carboxylic acid groups (broad SMARTS) is 1. The number of hydrogen-bond acceptors (Lipinski definition) is 11. The SMILES string of the molecule is CNC(=O)C(CCCCNC(=O)c1ccccn1)NC(=O)c1ccc(N[NH-])nc1.O=C(O)CNC(CO)(CO)CO.[Tc]. The maximum atomic E-state index is 12.3. The van der Waals surface area contributed by atoms with Crippen molar-refractivity contribution in [3.63, 3.8) is 0 Å². The van der Waals surface area contributed by atoms with Gasteiger partial charge in [-0.05, 0) is 43.5 Å². The molecule has 16 nitrogen and oxygen atoms in total. The first-order valence-corrected chi connectivity index (χ1v) is 12.5. The summed E-state index contributed by atoms with van der Waals surface area (Å²) in [7, 11) is 1.50. The predicted molar refractivity (Wildman–Crippen MR) is 148 cm³/mol. The minimum atomic E-state index is -1.31. The summed E-state index contributed by atoms with van der Waals surface area (Å²) < 4.78 is 0. The molecule has 10 N–H and O–H groups in total. The summed E-state index contributed by atoms with van der Waals surface area (Å²) in [6, 6.07) is 7.43. The predicted octanol–water partition coefficient (Wildman–Crippen LogP) is -1.33. The van der Waals surface area contributed by atoms with Crippen molar-refractivity contribution in [2.45, 2.75) is 30.8 Å². The fraction of sp³-hybridized carbons (Fsp3) is 0.440. The van der Waals surface area contributed by atoms with Gasteiger partial charge in [-0.25, -0.2) is 4.98 Å². The van der Waals surface area contributed by atoms with Crippen LogP contribution in [0, 0.1) is 0 Å². The summed E-state index contributed by atoms with van der Waals surface area (Å²) in [4.78, 5) is 54.3. The van der Waals surface area contributed by atoms with E-state index in [2.05, 4.69) is 36.7 Å². The second-order valence-corrected chi connectivity index (χ2v) is 8.67. The van der Waals surface area contributed by atoms with E-state index in [9.17, 15) is 19.2 Å². The number of aliphatic hydroxyl groups is 3. The number of aliphatic carboxylic acids is 1. The third-order valence-corrected chi connectivity index (χ3v) is 5.65. The summed E-state index contributed by atoms with van der Waals surface area (Å²) in [5.41, 5.74) is 1.46. The fourth-order valence-electron chi connectivity index (χ4n) is 3.13. The Labute approximate surface area is 256 Å². The Morgan fingerprint density at radius 3 is 2.17 bits per heavy atom. The van der Waals surface area contributed by atoms with Gasteiger partial charge in [-0.15, -0.1) is 0 Å². The third kappa shape index (κ3) is 13.9. The van der Waals surface area contributed by atoms with E-state index in [0.29, 0.717) is 42.9 Å². The molecule has 0 fully saturated rings. The van der Waals surface area contributed by atoms with Gasteiger partial charge < -0.3 is 47.6 Å². The van der Waals surface area contributed by atoms with Gasteiger partial charge in [0.2, 0.25) is 5.91 Å². The van der Waals surface area contributed by atoms with Gasteiger partial charge in [-0.3, -0.25) is 29.5 Å². The summed E-state index contributed by atoms with van der Waals surface area (Å²) in [5.74, 6) is 5.23. The molecular formula is C25H37N8O8Tc-. The number of carbonyl (C=O) groups is 4. The van der Waals surface area contributed by atoms with E-state index in [-0.39, 0.29) is 31.9 Å². The monoisotopic (exact) mass is 674 g/mol. The molecule has 2 aromatic rings. The van der Waals surface area contributed by atoms with Crippen LogP contribution in [0.3, 0.4) is 0 Å². The van der Waals surface area contributed by atoms with Gasteiger partial charge in [-0.2, -0.15) is 0 Å². The number of carboxylic acids is 1. The van der Waals surface area contributed by atoms with Gasteiger partial charge in [0.25, 0.3) is 11.8 Å². The Hall–Kier alpha value is -3.57. The van der Waals surface area contributed by atoms with Gasteiger partial charge >= 0.3 is 5.97 Å². The molecule has 0 spiro atoms. The number of aliphatic hydroxyl groups excluding tert-OH is 3. The van der Waals surface area contributed by atoms with Crippen molar-refractivity contribution < 1.29 is 59.7 Å². The molecule has 0 saturated heterocycles. The molecule has 2 rings (SSSR count). The van der Waals surface area contributed by atoms with Crippen LogP contribution in [-0.4, -0.2) is 106 Å². The van der Waals surface area contributed by atoms with E-state index in [0.717, 1.165) is 0 Å². The molecule has 233 valence electrons. The standard InChI is InChI=1S/C19H25N7O3.C6H13NO5.Tc/c1-21-18(28)15(25-17(27)13-8-9-16(26-20)24-12-13)7-3-5-11-23-19(29)14-6-2-4-10-22-14;8-2-6(3-9,4-10)7-1-5(11)12;/h2,4,6,8-10,12,15H,3,5,7,11H2,1H3,(H6,20,21,22,23,24,25,26,27,28,29);7-10H,1-4H2,(H,11,12);/p-1. The van der Waals surface area contributed by atoms with E-state index in [1.54, 1.807) is 24.4 Å². The first-order chi connectivity index (χ1) is 19.6. The molecule has 2 aromatic heterocycles. The summed E-state index contributed by atoms with van der Waals surface area (Å²) in [6.45, 7) is -1.54. The van der Waals surface area contributed by atoms with Gasteiger partial charge in [0.05, 0.1) is 37.5 Å². The zero-order valence-electron chi connectivity index (χ0n) is 23.0. The zero-order valence-corrected chi connectivity index (χ0v) is 24.8. The number of nitrogens with zero attached hydrogens (tertiary/aromatic N) is 2. The zero-order chi connectivity index (χ0) is 30.7. The number of carbonyl (C=O) groups excluding carboxylic acids is 3. The summed E-state index contributed by atoms with van der Waals surface area (Å²) >= 11 is 0. The molecule has 17 heteroatoms. The van der Waals surface area contributed by atoms with Crippen LogP contribution < -0.4 is 26.7 Å². The van der Waals surface area contributed by atoms with E-state index >= 15 is 0 Å². The number of likely N-dealkylation sites (N-methyl/N-ethyl adjacent to an activating group) is 1. The second-order valence-electron chi connectivity index (χ2n) is 8.67. The van der Waals surface area contributed by atoms with Crippen LogP contribution >= 0.6 is 0 Å². The quantitative estimate of drug-likeness (QED) is 0.0741. The summed E-state index contributed by atoms with van der Waals surface area (Å²) in [6.07, 6.45) is 4.58. The maximum Gasteiger partial charge on any atom is 0.317 e. The number of amides is 3. The molecule has 42 heavy (non-hydrogen) atoms. The Kier molecular flexibility index (Phi) is 19.4. The maximum absolute atomic E-state index is 12.3. The van der Waals surface area contributed by atoms with Crippen molar-refractivity contribution in [1.29, 1.82) is 0 Å². The van der Waals surface area contributed by atoms with Crippen molar-refractivity contribution in [2.75, 3.05) is 45.4 Å².